The third-order valence-electron chi connectivity index (χ3n) is 4.44. The number of carbonyl (C=O) groups is 1. The molecule has 0 bridgehead atoms. The molecule has 21 heavy (non-hydrogen) atoms. The van der Waals surface area contributed by atoms with Crippen LogP contribution in [-0.4, -0.2) is 18.6 Å². The van der Waals surface area contributed by atoms with Crippen LogP contribution in [0.2, 0.25) is 0 Å². The van der Waals surface area contributed by atoms with Crippen molar-refractivity contribution in [2.45, 2.75) is 52.1 Å². The minimum atomic E-state index is -0.107. The Balaban J connectivity index is 1.85. The molecule has 0 heterocycles. The summed E-state index contributed by atoms with van der Waals surface area (Å²) in [6.07, 6.45) is 6.14. The van der Waals surface area contributed by atoms with Gasteiger partial charge in [-0.1, -0.05) is 32.3 Å². The van der Waals surface area contributed by atoms with Crippen molar-refractivity contribution in [3.05, 3.63) is 23.8 Å². The maximum absolute atomic E-state index is 12.0. The summed E-state index contributed by atoms with van der Waals surface area (Å²) < 4.78 is 5.85. The van der Waals surface area contributed by atoms with Crippen LogP contribution < -0.4 is 11.1 Å². The highest BCUT2D eigenvalue weighted by Gasteiger charge is 2.24. The van der Waals surface area contributed by atoms with Gasteiger partial charge in [0.05, 0.1) is 6.10 Å². The first-order valence-electron chi connectivity index (χ1n) is 7.88. The molecular formula is C17H26N2O2. The van der Waals surface area contributed by atoms with Gasteiger partial charge < -0.3 is 15.8 Å². The van der Waals surface area contributed by atoms with Crippen molar-refractivity contribution >= 4 is 17.3 Å². The topological polar surface area (TPSA) is 64.3 Å². The van der Waals surface area contributed by atoms with Crippen molar-refractivity contribution in [3.63, 3.8) is 0 Å². The van der Waals surface area contributed by atoms with Crippen LogP contribution in [0.25, 0.3) is 0 Å². The standard InChI is InChI=1S/C17H26N2O2/c1-3-13-7-4-5-10-16(13)21-11-17(20)19-15-9-6-8-14(18)12(15)2/h6,8-9,13,16H,3-5,7,10-11,18H2,1-2H3,(H,19,20). The molecule has 2 atom stereocenters. The lowest BCUT2D eigenvalue weighted by atomic mass is 9.85. The quantitative estimate of drug-likeness (QED) is 0.816. The molecule has 1 saturated carbocycles. The van der Waals surface area contributed by atoms with E-state index in [2.05, 4.69) is 12.2 Å². The zero-order valence-electron chi connectivity index (χ0n) is 13.0. The van der Waals surface area contributed by atoms with Crippen molar-refractivity contribution in [3.8, 4) is 0 Å². The Bertz CT molecular complexity index is 488. The number of nitrogen functional groups attached to an aromatic ring is 1. The zero-order valence-corrected chi connectivity index (χ0v) is 13.0. The fraction of sp³-hybridized carbons (Fsp3) is 0.588. The maximum atomic E-state index is 12.0. The molecule has 1 fully saturated rings. The van der Waals surface area contributed by atoms with Gasteiger partial charge in [-0.2, -0.15) is 0 Å². The summed E-state index contributed by atoms with van der Waals surface area (Å²) in [7, 11) is 0. The molecule has 116 valence electrons. The van der Waals surface area contributed by atoms with Gasteiger partial charge in [0.2, 0.25) is 5.91 Å². The molecule has 3 N–H and O–H groups in total. The smallest absolute Gasteiger partial charge is 0.250 e. The molecule has 1 aromatic rings. The number of rotatable bonds is 5. The van der Waals surface area contributed by atoms with E-state index in [1.165, 1.54) is 19.3 Å². The molecule has 1 amide bonds. The molecule has 0 spiro atoms. The molecule has 1 aliphatic rings. The molecule has 2 unspecified atom stereocenters. The van der Waals surface area contributed by atoms with E-state index < -0.39 is 0 Å². The molecule has 0 radical (unpaired) electrons. The summed E-state index contributed by atoms with van der Waals surface area (Å²) in [5.41, 5.74) is 8.19. The first-order valence-corrected chi connectivity index (χ1v) is 7.88. The van der Waals surface area contributed by atoms with Crippen LogP contribution in [0, 0.1) is 12.8 Å². The number of nitrogens with one attached hydrogen (secondary N) is 1. The molecule has 2 rings (SSSR count). The van der Waals surface area contributed by atoms with E-state index in [9.17, 15) is 4.79 Å². The Morgan fingerprint density at radius 2 is 2.14 bits per heavy atom. The predicted octanol–water partition coefficient (Wildman–Crippen LogP) is 3.50. The lowest BCUT2D eigenvalue weighted by molar-refractivity contribution is -0.124. The average Bonchev–Trinajstić information content (AvgIpc) is 2.50. The number of hydrogen-bond donors (Lipinski definition) is 2. The summed E-state index contributed by atoms with van der Waals surface area (Å²) in [6, 6.07) is 5.53. The molecule has 4 nitrogen and oxygen atoms in total. The Morgan fingerprint density at radius 3 is 2.90 bits per heavy atom. The molecule has 1 aliphatic carbocycles. The van der Waals surface area contributed by atoms with E-state index in [1.54, 1.807) is 0 Å². The summed E-state index contributed by atoms with van der Waals surface area (Å²) >= 11 is 0. The average molecular weight is 290 g/mol. The Morgan fingerprint density at radius 1 is 1.38 bits per heavy atom. The van der Waals surface area contributed by atoms with Crippen LogP contribution in [0.15, 0.2) is 18.2 Å². The van der Waals surface area contributed by atoms with Crippen LogP contribution in [-0.2, 0) is 9.53 Å². The number of nitrogens with two attached hydrogens (primary N) is 1. The Labute approximate surface area is 127 Å². The second-order valence-electron chi connectivity index (χ2n) is 5.87. The van der Waals surface area contributed by atoms with Gasteiger partial charge in [-0.15, -0.1) is 0 Å². The Kier molecular flexibility index (Phi) is 5.62. The summed E-state index contributed by atoms with van der Waals surface area (Å²) in [5, 5.41) is 2.88. The lowest BCUT2D eigenvalue weighted by Gasteiger charge is -2.30. The molecule has 1 aromatic carbocycles. The third-order valence-corrected chi connectivity index (χ3v) is 4.44. The SMILES string of the molecule is CCC1CCCCC1OCC(=O)Nc1cccc(N)c1C. The number of hydrogen-bond acceptors (Lipinski definition) is 3. The van der Waals surface area contributed by atoms with Crippen molar-refractivity contribution in [2.75, 3.05) is 17.7 Å². The minimum Gasteiger partial charge on any atom is -0.398 e. The van der Waals surface area contributed by atoms with Crippen LogP contribution in [0.5, 0.6) is 0 Å². The largest absolute Gasteiger partial charge is 0.398 e. The van der Waals surface area contributed by atoms with Gasteiger partial charge in [0.1, 0.15) is 6.61 Å². The van der Waals surface area contributed by atoms with Crippen molar-refractivity contribution in [1.29, 1.82) is 0 Å². The monoisotopic (exact) mass is 290 g/mol. The number of benzene rings is 1. The van der Waals surface area contributed by atoms with Crippen LogP contribution in [0.4, 0.5) is 11.4 Å². The van der Waals surface area contributed by atoms with Gasteiger partial charge in [-0.25, -0.2) is 0 Å². The number of carbonyl (C=O) groups excluding carboxylic acids is 1. The van der Waals surface area contributed by atoms with Crippen LogP contribution in [0.1, 0.15) is 44.6 Å². The van der Waals surface area contributed by atoms with Crippen molar-refractivity contribution < 1.29 is 9.53 Å². The molecule has 4 heteroatoms. The van der Waals surface area contributed by atoms with E-state index in [-0.39, 0.29) is 18.6 Å². The highest BCUT2D eigenvalue weighted by Crippen LogP contribution is 2.29. The van der Waals surface area contributed by atoms with Crippen LogP contribution in [0.3, 0.4) is 0 Å². The molecule has 0 saturated heterocycles. The summed E-state index contributed by atoms with van der Waals surface area (Å²) in [4.78, 5) is 12.0. The first kappa shape index (κ1) is 15.8. The van der Waals surface area contributed by atoms with Gasteiger partial charge >= 0.3 is 0 Å². The second kappa shape index (κ2) is 7.46. The summed E-state index contributed by atoms with van der Waals surface area (Å²) in [6.45, 7) is 4.22. The number of anilines is 2. The van der Waals surface area contributed by atoms with Gasteiger partial charge in [-0.3, -0.25) is 4.79 Å². The highest BCUT2D eigenvalue weighted by atomic mass is 16.5. The fourth-order valence-corrected chi connectivity index (χ4v) is 3.02. The molecule has 0 aliphatic heterocycles. The number of ether oxygens (including phenoxy) is 1. The van der Waals surface area contributed by atoms with Crippen LogP contribution >= 0.6 is 0 Å². The van der Waals surface area contributed by atoms with E-state index in [0.717, 1.165) is 24.1 Å². The normalized spacial score (nSPS) is 22.0. The van der Waals surface area contributed by atoms with E-state index in [1.807, 2.05) is 25.1 Å². The van der Waals surface area contributed by atoms with Crippen molar-refractivity contribution in [1.82, 2.24) is 0 Å². The highest BCUT2D eigenvalue weighted by molar-refractivity contribution is 5.93. The minimum absolute atomic E-state index is 0.107. The number of amides is 1. The maximum Gasteiger partial charge on any atom is 0.250 e. The first-order chi connectivity index (χ1) is 10.1. The summed E-state index contributed by atoms with van der Waals surface area (Å²) in [5.74, 6) is 0.491. The van der Waals surface area contributed by atoms with Crippen molar-refractivity contribution in [2.24, 2.45) is 5.92 Å². The van der Waals surface area contributed by atoms with Gasteiger partial charge in [0.25, 0.3) is 0 Å². The van der Waals surface area contributed by atoms with Gasteiger partial charge in [0.15, 0.2) is 0 Å². The second-order valence-corrected chi connectivity index (χ2v) is 5.87. The van der Waals surface area contributed by atoms with Gasteiger partial charge in [-0.05, 0) is 43.4 Å². The van der Waals surface area contributed by atoms with E-state index in [4.69, 9.17) is 10.5 Å². The lowest BCUT2D eigenvalue weighted by Crippen LogP contribution is -2.31. The fourth-order valence-electron chi connectivity index (χ4n) is 3.02. The third kappa shape index (κ3) is 4.21. The molecular weight excluding hydrogens is 264 g/mol. The molecule has 0 aromatic heterocycles. The Hall–Kier alpha value is -1.55. The van der Waals surface area contributed by atoms with Gasteiger partial charge in [0, 0.05) is 11.4 Å². The zero-order chi connectivity index (χ0) is 15.2. The van der Waals surface area contributed by atoms with E-state index in [0.29, 0.717) is 11.6 Å². The predicted molar refractivity (Wildman–Crippen MR) is 86.2 cm³/mol. The van der Waals surface area contributed by atoms with E-state index >= 15 is 0 Å².